The number of urea groups is 1. The number of methoxy groups -OCH3 is 1. The predicted molar refractivity (Wildman–Crippen MR) is 121 cm³/mol. The number of nitrogens with one attached hydrogen (secondary N) is 2. The molecule has 1 saturated heterocycles. The third kappa shape index (κ3) is 7.06. The first-order valence-electron chi connectivity index (χ1n) is 10.9. The Bertz CT molecular complexity index is 970. The molecule has 1 heterocycles. The number of aryl methyl sites for hydroxylation is 1. The van der Waals surface area contributed by atoms with Crippen LogP contribution in [-0.4, -0.2) is 50.2 Å². The molecule has 1 atom stereocenters. The van der Waals surface area contributed by atoms with Gasteiger partial charge in [-0.1, -0.05) is 18.2 Å². The third-order valence-corrected chi connectivity index (χ3v) is 5.51. The van der Waals surface area contributed by atoms with E-state index >= 15 is 0 Å². The molecule has 0 aromatic heterocycles. The summed E-state index contributed by atoms with van der Waals surface area (Å²) >= 11 is 0. The summed E-state index contributed by atoms with van der Waals surface area (Å²) < 4.78 is 34.7. The molecule has 0 radical (unpaired) electrons. The SMILES string of the molecule is COc1ccc(CCNC(=O)C2CCCN(C(=O)Nc3cccc(C)c3)C2)cc1OC(F)F. The van der Waals surface area contributed by atoms with E-state index in [1.54, 1.807) is 17.0 Å². The van der Waals surface area contributed by atoms with E-state index < -0.39 is 6.61 Å². The van der Waals surface area contributed by atoms with Gasteiger partial charge in [0.1, 0.15) is 0 Å². The van der Waals surface area contributed by atoms with E-state index in [0.717, 1.165) is 23.2 Å². The molecule has 1 unspecified atom stereocenters. The van der Waals surface area contributed by atoms with Crippen LogP contribution in [0.5, 0.6) is 11.5 Å². The highest BCUT2D eigenvalue weighted by molar-refractivity contribution is 5.90. The molecule has 7 nitrogen and oxygen atoms in total. The van der Waals surface area contributed by atoms with Gasteiger partial charge in [-0.2, -0.15) is 8.78 Å². The monoisotopic (exact) mass is 461 g/mol. The molecule has 33 heavy (non-hydrogen) atoms. The molecule has 0 spiro atoms. The Labute approximate surface area is 192 Å². The lowest BCUT2D eigenvalue weighted by molar-refractivity contribution is -0.126. The minimum atomic E-state index is -2.95. The van der Waals surface area contributed by atoms with Crippen molar-refractivity contribution in [2.24, 2.45) is 5.92 Å². The molecule has 2 N–H and O–H groups in total. The number of hydrogen-bond donors (Lipinski definition) is 2. The van der Waals surface area contributed by atoms with Crippen molar-refractivity contribution in [2.75, 3.05) is 32.1 Å². The van der Waals surface area contributed by atoms with E-state index in [0.29, 0.717) is 32.5 Å². The minimum absolute atomic E-state index is 0.0427. The number of halogens is 2. The van der Waals surface area contributed by atoms with Crippen molar-refractivity contribution < 1.29 is 27.8 Å². The minimum Gasteiger partial charge on any atom is -0.493 e. The first-order chi connectivity index (χ1) is 15.9. The Kier molecular flexibility index (Phi) is 8.46. The van der Waals surface area contributed by atoms with E-state index in [4.69, 9.17) is 4.74 Å². The van der Waals surface area contributed by atoms with Gasteiger partial charge in [0.05, 0.1) is 13.0 Å². The summed E-state index contributed by atoms with van der Waals surface area (Å²) in [5.41, 5.74) is 2.50. The maximum atomic E-state index is 12.7. The van der Waals surface area contributed by atoms with Gasteiger partial charge < -0.3 is 25.0 Å². The maximum absolute atomic E-state index is 12.7. The molecule has 2 aromatic rings. The second kappa shape index (κ2) is 11.5. The molecule has 178 valence electrons. The van der Waals surface area contributed by atoms with Crippen molar-refractivity contribution in [3.63, 3.8) is 0 Å². The number of ether oxygens (including phenoxy) is 2. The van der Waals surface area contributed by atoms with Gasteiger partial charge in [-0.15, -0.1) is 0 Å². The molecule has 3 rings (SSSR count). The van der Waals surface area contributed by atoms with Crippen molar-refractivity contribution in [1.29, 1.82) is 0 Å². The van der Waals surface area contributed by atoms with Gasteiger partial charge in [0.25, 0.3) is 0 Å². The van der Waals surface area contributed by atoms with Crippen LogP contribution in [0.3, 0.4) is 0 Å². The second-order valence-electron chi connectivity index (χ2n) is 7.99. The average molecular weight is 462 g/mol. The maximum Gasteiger partial charge on any atom is 0.387 e. The van der Waals surface area contributed by atoms with Crippen molar-refractivity contribution in [1.82, 2.24) is 10.2 Å². The van der Waals surface area contributed by atoms with Crippen molar-refractivity contribution in [3.05, 3.63) is 53.6 Å². The van der Waals surface area contributed by atoms with E-state index in [-0.39, 0.29) is 29.4 Å². The third-order valence-electron chi connectivity index (χ3n) is 5.51. The van der Waals surface area contributed by atoms with E-state index in [1.165, 1.54) is 13.2 Å². The van der Waals surface area contributed by atoms with Gasteiger partial charge >= 0.3 is 12.6 Å². The molecule has 0 saturated carbocycles. The van der Waals surface area contributed by atoms with Crippen LogP contribution < -0.4 is 20.1 Å². The van der Waals surface area contributed by atoms with Gasteiger partial charge in [-0.25, -0.2) is 4.79 Å². The predicted octanol–water partition coefficient (Wildman–Crippen LogP) is 4.21. The van der Waals surface area contributed by atoms with Crippen LogP contribution in [-0.2, 0) is 11.2 Å². The van der Waals surface area contributed by atoms with Gasteiger partial charge in [0, 0.05) is 25.3 Å². The number of nitrogens with zero attached hydrogens (tertiary/aromatic N) is 1. The van der Waals surface area contributed by atoms with Gasteiger partial charge in [-0.3, -0.25) is 4.79 Å². The summed E-state index contributed by atoms with van der Waals surface area (Å²) in [5, 5.41) is 5.77. The number of amides is 3. The Morgan fingerprint density at radius 2 is 2.00 bits per heavy atom. The molecule has 1 fully saturated rings. The number of anilines is 1. The van der Waals surface area contributed by atoms with Gasteiger partial charge in [0.2, 0.25) is 5.91 Å². The number of hydrogen-bond acceptors (Lipinski definition) is 4. The summed E-state index contributed by atoms with van der Waals surface area (Å²) in [6.07, 6.45) is 1.89. The molecule has 1 aliphatic rings. The van der Waals surface area contributed by atoms with Crippen LogP contribution in [0.15, 0.2) is 42.5 Å². The largest absolute Gasteiger partial charge is 0.493 e. The summed E-state index contributed by atoms with van der Waals surface area (Å²) in [5.74, 6) is -0.246. The second-order valence-corrected chi connectivity index (χ2v) is 7.99. The number of carbonyl (C=O) groups is 2. The zero-order valence-corrected chi connectivity index (χ0v) is 18.8. The molecule has 0 aliphatic carbocycles. The number of rotatable bonds is 8. The zero-order valence-electron chi connectivity index (χ0n) is 18.8. The van der Waals surface area contributed by atoms with E-state index in [1.807, 2.05) is 31.2 Å². The summed E-state index contributed by atoms with van der Waals surface area (Å²) in [6, 6.07) is 12.1. The lowest BCUT2D eigenvalue weighted by atomic mass is 9.97. The molecule has 9 heteroatoms. The first kappa shape index (κ1) is 24.3. The lowest BCUT2D eigenvalue weighted by Gasteiger charge is -2.32. The lowest BCUT2D eigenvalue weighted by Crippen LogP contribution is -2.47. The van der Waals surface area contributed by atoms with E-state index in [9.17, 15) is 18.4 Å². The van der Waals surface area contributed by atoms with Crippen LogP contribution in [0.25, 0.3) is 0 Å². The highest BCUT2D eigenvalue weighted by Crippen LogP contribution is 2.29. The molecular formula is C24H29F2N3O4. The van der Waals surface area contributed by atoms with Crippen LogP contribution in [0.2, 0.25) is 0 Å². The van der Waals surface area contributed by atoms with E-state index in [2.05, 4.69) is 15.4 Å². The smallest absolute Gasteiger partial charge is 0.387 e. The Morgan fingerprint density at radius 3 is 2.73 bits per heavy atom. The first-order valence-corrected chi connectivity index (χ1v) is 10.9. The van der Waals surface area contributed by atoms with Crippen LogP contribution in [0.1, 0.15) is 24.0 Å². The van der Waals surface area contributed by atoms with Crippen LogP contribution in [0, 0.1) is 12.8 Å². The average Bonchev–Trinajstić information content (AvgIpc) is 2.79. The molecule has 0 bridgehead atoms. The Morgan fingerprint density at radius 1 is 1.18 bits per heavy atom. The van der Waals surface area contributed by atoms with Gasteiger partial charge in [0.15, 0.2) is 11.5 Å². The molecular weight excluding hydrogens is 432 g/mol. The van der Waals surface area contributed by atoms with Crippen LogP contribution >= 0.6 is 0 Å². The Balaban J connectivity index is 1.49. The zero-order chi connectivity index (χ0) is 23.8. The summed E-state index contributed by atoms with van der Waals surface area (Å²) in [4.78, 5) is 26.9. The Hall–Kier alpha value is -3.36. The fraction of sp³-hybridized carbons (Fsp3) is 0.417. The fourth-order valence-corrected chi connectivity index (χ4v) is 3.84. The topological polar surface area (TPSA) is 79.9 Å². The highest BCUT2D eigenvalue weighted by Gasteiger charge is 2.28. The van der Waals surface area contributed by atoms with Crippen molar-refractivity contribution >= 4 is 17.6 Å². The highest BCUT2D eigenvalue weighted by atomic mass is 19.3. The van der Waals surface area contributed by atoms with Crippen molar-refractivity contribution in [3.8, 4) is 11.5 Å². The van der Waals surface area contributed by atoms with Crippen LogP contribution in [0.4, 0.5) is 19.3 Å². The number of carbonyl (C=O) groups excluding carboxylic acids is 2. The molecule has 3 amide bonds. The summed E-state index contributed by atoms with van der Waals surface area (Å²) in [7, 11) is 1.38. The molecule has 2 aromatic carbocycles. The number of piperidine rings is 1. The fourth-order valence-electron chi connectivity index (χ4n) is 3.84. The number of likely N-dealkylation sites (tertiary alicyclic amines) is 1. The summed E-state index contributed by atoms with van der Waals surface area (Å²) in [6.45, 7) is 0.283. The number of benzene rings is 2. The van der Waals surface area contributed by atoms with Crippen molar-refractivity contribution in [2.45, 2.75) is 32.8 Å². The molecule has 1 aliphatic heterocycles. The van der Waals surface area contributed by atoms with Gasteiger partial charge in [-0.05, 0) is 61.6 Å². The normalized spacial score (nSPS) is 15.8. The number of alkyl halides is 2. The quantitative estimate of drug-likeness (QED) is 0.617. The standard InChI is InChI=1S/C24H29F2N3O4/c1-16-5-3-7-19(13-16)28-24(31)29-12-4-6-18(15-29)22(30)27-11-10-17-8-9-20(32-2)21(14-17)33-23(25)26/h3,5,7-9,13-14,18,23H,4,6,10-12,15H2,1-2H3,(H,27,30)(H,28,31).